The van der Waals surface area contributed by atoms with E-state index in [4.69, 9.17) is 5.73 Å². The number of primary amides is 1. The van der Waals surface area contributed by atoms with Crippen LogP contribution in [0, 0.1) is 5.92 Å². The monoisotopic (exact) mass is 329 g/mol. The molecule has 1 saturated carbocycles. The highest BCUT2D eigenvalue weighted by Crippen LogP contribution is 2.32. The molecule has 24 heavy (non-hydrogen) atoms. The Morgan fingerprint density at radius 1 is 1.21 bits per heavy atom. The number of benzene rings is 1. The standard InChI is InChI=1S/C19H27N3O2/c1-13-11-16(9-10-21(13)2)19(24)22(17-7-8-17)12-14-3-5-15(6-4-14)18(20)23/h3-6,13,16-17H,7-12H2,1-2H3,(H2,20,23)/t13-,16-/m0/s1. The molecule has 1 aromatic rings. The summed E-state index contributed by atoms with van der Waals surface area (Å²) >= 11 is 0. The summed E-state index contributed by atoms with van der Waals surface area (Å²) in [7, 11) is 2.13. The van der Waals surface area contributed by atoms with Crippen LogP contribution in [0.1, 0.15) is 48.5 Å². The Morgan fingerprint density at radius 2 is 1.88 bits per heavy atom. The van der Waals surface area contributed by atoms with Crippen LogP contribution in [0.15, 0.2) is 24.3 Å². The van der Waals surface area contributed by atoms with E-state index in [0.29, 0.717) is 30.1 Å². The topological polar surface area (TPSA) is 66.6 Å². The van der Waals surface area contributed by atoms with Crippen LogP contribution in [0.3, 0.4) is 0 Å². The van der Waals surface area contributed by atoms with E-state index in [0.717, 1.165) is 37.8 Å². The van der Waals surface area contributed by atoms with Gasteiger partial charge in [-0.05, 0) is 63.9 Å². The van der Waals surface area contributed by atoms with Crippen molar-refractivity contribution in [2.45, 2.75) is 51.2 Å². The fraction of sp³-hybridized carbons (Fsp3) is 0.579. The minimum absolute atomic E-state index is 0.140. The van der Waals surface area contributed by atoms with Crippen LogP contribution >= 0.6 is 0 Å². The number of nitrogens with two attached hydrogens (primary N) is 1. The molecule has 1 saturated heterocycles. The van der Waals surface area contributed by atoms with Gasteiger partial charge in [-0.25, -0.2) is 0 Å². The van der Waals surface area contributed by atoms with Crippen LogP contribution in [-0.2, 0) is 11.3 Å². The summed E-state index contributed by atoms with van der Waals surface area (Å²) in [5.74, 6) is 0.0232. The molecule has 1 aromatic carbocycles. The molecule has 0 radical (unpaired) electrons. The fourth-order valence-corrected chi connectivity index (χ4v) is 3.49. The van der Waals surface area contributed by atoms with Crippen LogP contribution in [-0.4, -0.2) is 47.3 Å². The summed E-state index contributed by atoms with van der Waals surface area (Å²) < 4.78 is 0. The molecule has 0 unspecified atom stereocenters. The van der Waals surface area contributed by atoms with Crippen molar-refractivity contribution >= 4 is 11.8 Å². The molecule has 0 bridgehead atoms. The van der Waals surface area contributed by atoms with Crippen molar-refractivity contribution in [2.75, 3.05) is 13.6 Å². The van der Waals surface area contributed by atoms with E-state index in [2.05, 4.69) is 23.8 Å². The second-order valence-electron chi connectivity index (χ2n) is 7.31. The molecular weight excluding hydrogens is 302 g/mol. The summed E-state index contributed by atoms with van der Waals surface area (Å²) in [6, 6.07) is 8.14. The van der Waals surface area contributed by atoms with E-state index in [1.54, 1.807) is 12.1 Å². The number of likely N-dealkylation sites (tertiary alicyclic amines) is 1. The summed E-state index contributed by atoms with van der Waals surface area (Å²) in [6.45, 7) is 3.82. The van der Waals surface area contributed by atoms with Crippen molar-refractivity contribution in [2.24, 2.45) is 11.7 Å². The second kappa shape index (κ2) is 6.93. The maximum Gasteiger partial charge on any atom is 0.248 e. The van der Waals surface area contributed by atoms with Crippen molar-refractivity contribution in [1.29, 1.82) is 0 Å². The lowest BCUT2D eigenvalue weighted by Gasteiger charge is -2.37. The van der Waals surface area contributed by atoms with Crippen LogP contribution in [0.4, 0.5) is 0 Å². The largest absolute Gasteiger partial charge is 0.366 e. The molecule has 5 heteroatoms. The number of amides is 2. The van der Waals surface area contributed by atoms with Gasteiger partial charge in [-0.2, -0.15) is 0 Å². The first-order chi connectivity index (χ1) is 11.5. The minimum Gasteiger partial charge on any atom is -0.366 e. The van der Waals surface area contributed by atoms with Gasteiger partial charge >= 0.3 is 0 Å². The first-order valence-corrected chi connectivity index (χ1v) is 8.85. The second-order valence-corrected chi connectivity index (χ2v) is 7.31. The smallest absolute Gasteiger partial charge is 0.248 e. The molecule has 0 aromatic heterocycles. The normalized spacial score (nSPS) is 24.6. The molecule has 1 aliphatic carbocycles. The molecule has 1 heterocycles. The van der Waals surface area contributed by atoms with Gasteiger partial charge in [0.15, 0.2) is 0 Å². The highest BCUT2D eigenvalue weighted by molar-refractivity contribution is 5.92. The van der Waals surface area contributed by atoms with Crippen molar-refractivity contribution < 1.29 is 9.59 Å². The van der Waals surface area contributed by atoms with Crippen LogP contribution in [0.2, 0.25) is 0 Å². The molecule has 130 valence electrons. The number of piperidine rings is 1. The van der Waals surface area contributed by atoms with Gasteiger partial charge in [0.05, 0.1) is 0 Å². The predicted octanol–water partition coefficient (Wildman–Crippen LogP) is 2.01. The average molecular weight is 329 g/mol. The molecule has 2 N–H and O–H groups in total. The molecule has 3 rings (SSSR count). The Kier molecular flexibility index (Phi) is 4.90. The van der Waals surface area contributed by atoms with Crippen LogP contribution < -0.4 is 5.73 Å². The first kappa shape index (κ1) is 17.0. The number of hydrogen-bond donors (Lipinski definition) is 1. The lowest BCUT2D eigenvalue weighted by Crippen LogP contribution is -2.45. The summed E-state index contributed by atoms with van der Waals surface area (Å²) in [5.41, 5.74) is 6.85. The third kappa shape index (κ3) is 3.78. The Bertz CT molecular complexity index is 610. The Morgan fingerprint density at radius 3 is 2.42 bits per heavy atom. The van der Waals surface area contributed by atoms with Crippen molar-refractivity contribution in [3.05, 3.63) is 35.4 Å². The van der Waals surface area contributed by atoms with E-state index in [9.17, 15) is 9.59 Å². The van der Waals surface area contributed by atoms with Gasteiger partial charge in [-0.1, -0.05) is 12.1 Å². The third-order valence-corrected chi connectivity index (χ3v) is 5.42. The lowest BCUT2D eigenvalue weighted by molar-refractivity contribution is -0.138. The summed E-state index contributed by atoms with van der Waals surface area (Å²) in [6.07, 6.45) is 4.10. The molecule has 5 nitrogen and oxygen atoms in total. The van der Waals surface area contributed by atoms with Gasteiger partial charge in [0.1, 0.15) is 0 Å². The number of rotatable bonds is 5. The number of nitrogens with zero attached hydrogens (tertiary/aromatic N) is 2. The van der Waals surface area contributed by atoms with Crippen molar-refractivity contribution in [3.8, 4) is 0 Å². The van der Waals surface area contributed by atoms with E-state index in [1.165, 1.54) is 0 Å². The summed E-state index contributed by atoms with van der Waals surface area (Å²) in [4.78, 5) is 28.6. The van der Waals surface area contributed by atoms with Gasteiger partial charge in [-0.15, -0.1) is 0 Å². The molecular formula is C19H27N3O2. The zero-order valence-electron chi connectivity index (χ0n) is 14.6. The van der Waals surface area contributed by atoms with E-state index >= 15 is 0 Å². The quantitative estimate of drug-likeness (QED) is 0.898. The maximum absolute atomic E-state index is 13.0. The first-order valence-electron chi connectivity index (χ1n) is 8.85. The highest BCUT2D eigenvalue weighted by atomic mass is 16.2. The Labute approximate surface area is 143 Å². The average Bonchev–Trinajstić information content (AvgIpc) is 3.40. The number of hydrogen-bond acceptors (Lipinski definition) is 3. The SMILES string of the molecule is C[C@H]1C[C@@H](C(=O)N(Cc2ccc(C(N)=O)cc2)C2CC2)CCN1C. The molecule has 0 spiro atoms. The van der Waals surface area contributed by atoms with Gasteiger partial charge < -0.3 is 15.5 Å². The third-order valence-electron chi connectivity index (χ3n) is 5.42. The van der Waals surface area contributed by atoms with Gasteiger partial charge in [-0.3, -0.25) is 9.59 Å². The summed E-state index contributed by atoms with van der Waals surface area (Å²) in [5, 5.41) is 0. The highest BCUT2D eigenvalue weighted by Gasteiger charge is 2.37. The zero-order chi connectivity index (χ0) is 17.3. The van der Waals surface area contributed by atoms with Gasteiger partial charge in [0, 0.05) is 30.1 Å². The van der Waals surface area contributed by atoms with E-state index in [-0.39, 0.29) is 5.92 Å². The molecule has 2 fully saturated rings. The van der Waals surface area contributed by atoms with Gasteiger partial charge in [0.25, 0.3) is 0 Å². The molecule has 2 atom stereocenters. The lowest BCUT2D eigenvalue weighted by atomic mass is 9.90. The van der Waals surface area contributed by atoms with Crippen LogP contribution in [0.5, 0.6) is 0 Å². The van der Waals surface area contributed by atoms with Crippen molar-refractivity contribution in [1.82, 2.24) is 9.80 Å². The Balaban J connectivity index is 1.68. The van der Waals surface area contributed by atoms with E-state index in [1.807, 2.05) is 12.1 Å². The van der Waals surface area contributed by atoms with Gasteiger partial charge in [0.2, 0.25) is 11.8 Å². The Hall–Kier alpha value is -1.88. The fourth-order valence-electron chi connectivity index (χ4n) is 3.49. The minimum atomic E-state index is -0.419. The molecule has 2 amide bonds. The predicted molar refractivity (Wildman–Crippen MR) is 93.3 cm³/mol. The van der Waals surface area contributed by atoms with Crippen LogP contribution in [0.25, 0.3) is 0 Å². The number of carbonyl (C=O) groups excluding carboxylic acids is 2. The molecule has 2 aliphatic rings. The van der Waals surface area contributed by atoms with Crippen molar-refractivity contribution in [3.63, 3.8) is 0 Å². The maximum atomic E-state index is 13.0. The molecule has 1 aliphatic heterocycles. The van der Waals surface area contributed by atoms with E-state index < -0.39 is 5.91 Å². The number of carbonyl (C=O) groups is 2. The zero-order valence-corrected chi connectivity index (χ0v) is 14.6.